The van der Waals surface area contributed by atoms with E-state index in [9.17, 15) is 4.79 Å². The molecule has 0 bridgehead atoms. The summed E-state index contributed by atoms with van der Waals surface area (Å²) in [5, 5.41) is 0.874. The van der Waals surface area contributed by atoms with E-state index in [0.717, 1.165) is 51.8 Å². The van der Waals surface area contributed by atoms with Gasteiger partial charge in [-0.25, -0.2) is 9.78 Å². The van der Waals surface area contributed by atoms with Crippen LogP contribution in [0.1, 0.15) is 52.5 Å². The van der Waals surface area contributed by atoms with Crippen molar-refractivity contribution >= 4 is 21.9 Å². The van der Waals surface area contributed by atoms with E-state index in [1.807, 2.05) is 42.0 Å². The molecule has 6 rings (SSSR count). The maximum atomic E-state index is 13.0. The molecule has 3 atom stereocenters. The summed E-state index contributed by atoms with van der Waals surface area (Å²) in [5.74, 6) is 1.38. The normalized spacial score (nSPS) is 21.9. The van der Waals surface area contributed by atoms with Gasteiger partial charge < -0.3 is 9.47 Å². The molecule has 8 heteroatoms. The van der Waals surface area contributed by atoms with Gasteiger partial charge in [-0.05, 0) is 58.2 Å². The van der Waals surface area contributed by atoms with Crippen LogP contribution in [-0.4, -0.2) is 55.8 Å². The van der Waals surface area contributed by atoms with Gasteiger partial charge in [0.25, 0.3) is 0 Å². The average molecular weight is 502 g/mol. The molecule has 8 nitrogen and oxygen atoms in total. The lowest BCUT2D eigenvalue weighted by atomic mass is 9.97. The molecule has 194 valence electrons. The largest absolute Gasteiger partial charge is 0.490 e. The molecular weight excluding hydrogens is 466 g/mol. The molecule has 0 saturated carbocycles. The van der Waals surface area contributed by atoms with Crippen LogP contribution in [0.5, 0.6) is 11.6 Å². The number of piperidine rings is 1. The van der Waals surface area contributed by atoms with E-state index in [1.54, 1.807) is 17.8 Å². The molecule has 2 aliphatic rings. The van der Waals surface area contributed by atoms with E-state index in [2.05, 4.69) is 28.7 Å². The lowest BCUT2D eigenvalue weighted by molar-refractivity contribution is 0.0958. The molecule has 0 N–H and O–H groups in total. The second-order valence-corrected chi connectivity index (χ2v) is 10.7. The molecule has 0 amide bonds. The summed E-state index contributed by atoms with van der Waals surface area (Å²) in [6.45, 7) is 8.80. The van der Waals surface area contributed by atoms with Crippen molar-refractivity contribution in [3.8, 4) is 22.8 Å². The first-order valence-corrected chi connectivity index (χ1v) is 13.4. The number of hydrogen-bond donors (Lipinski definition) is 0. The number of aromatic nitrogens is 4. The molecule has 1 aromatic carbocycles. The van der Waals surface area contributed by atoms with Crippen molar-refractivity contribution in [1.29, 1.82) is 0 Å². The highest BCUT2D eigenvalue weighted by Crippen LogP contribution is 2.42. The average Bonchev–Trinajstić information content (AvgIpc) is 3.05. The predicted molar refractivity (Wildman–Crippen MR) is 146 cm³/mol. The number of ether oxygens (including phenoxy) is 2. The Bertz CT molecular complexity index is 1500. The van der Waals surface area contributed by atoms with Crippen LogP contribution in [0.15, 0.2) is 41.5 Å². The van der Waals surface area contributed by atoms with Gasteiger partial charge in [0.15, 0.2) is 0 Å². The Morgan fingerprint density at radius 1 is 1.03 bits per heavy atom. The van der Waals surface area contributed by atoms with E-state index in [0.29, 0.717) is 31.2 Å². The third-order valence-electron chi connectivity index (χ3n) is 8.18. The van der Waals surface area contributed by atoms with E-state index in [1.165, 1.54) is 19.3 Å². The van der Waals surface area contributed by atoms with Crippen molar-refractivity contribution in [2.75, 3.05) is 19.8 Å². The Morgan fingerprint density at radius 3 is 2.59 bits per heavy atom. The van der Waals surface area contributed by atoms with E-state index in [-0.39, 0.29) is 11.7 Å². The van der Waals surface area contributed by atoms with Crippen molar-refractivity contribution in [3.05, 3.63) is 47.1 Å². The maximum Gasteiger partial charge on any atom is 0.329 e. The molecular formula is C29H35N5O3. The minimum Gasteiger partial charge on any atom is -0.490 e. The molecule has 1 fully saturated rings. The van der Waals surface area contributed by atoms with Crippen LogP contribution in [0.4, 0.5) is 0 Å². The zero-order valence-electron chi connectivity index (χ0n) is 22.1. The number of rotatable bonds is 6. The Labute approximate surface area is 216 Å². The molecule has 2 aliphatic heterocycles. The summed E-state index contributed by atoms with van der Waals surface area (Å²) in [6.07, 6.45) is 8.51. The Morgan fingerprint density at radius 2 is 1.84 bits per heavy atom. The van der Waals surface area contributed by atoms with Crippen LogP contribution in [-0.2, 0) is 7.05 Å². The lowest BCUT2D eigenvalue weighted by Gasteiger charge is -2.39. The first kappa shape index (κ1) is 24.0. The van der Waals surface area contributed by atoms with Crippen LogP contribution >= 0.6 is 0 Å². The molecule has 1 saturated heterocycles. The summed E-state index contributed by atoms with van der Waals surface area (Å²) >= 11 is 0. The van der Waals surface area contributed by atoms with E-state index < -0.39 is 0 Å². The SMILES string of the molecule is C[C@@H]1CCC[C@H](C)N1CCCOc1ccc(-c2ccc3ncc4c5c3c2OC[C@H](C)n5c(=O)n4C)cn1. The van der Waals surface area contributed by atoms with E-state index >= 15 is 0 Å². The van der Waals surface area contributed by atoms with Crippen LogP contribution in [0.25, 0.3) is 33.1 Å². The highest BCUT2D eigenvalue weighted by Gasteiger charge is 2.27. The first-order valence-electron chi connectivity index (χ1n) is 13.4. The zero-order chi connectivity index (χ0) is 25.7. The zero-order valence-corrected chi connectivity index (χ0v) is 22.1. The van der Waals surface area contributed by atoms with Crippen molar-refractivity contribution in [2.45, 2.75) is 64.6 Å². The summed E-state index contributed by atoms with van der Waals surface area (Å²) < 4.78 is 15.8. The molecule has 37 heavy (non-hydrogen) atoms. The van der Waals surface area contributed by atoms with Gasteiger partial charge in [-0.15, -0.1) is 0 Å². The summed E-state index contributed by atoms with van der Waals surface area (Å²) in [5.41, 5.74) is 4.33. The van der Waals surface area contributed by atoms with Gasteiger partial charge in [0.1, 0.15) is 12.4 Å². The van der Waals surface area contributed by atoms with Gasteiger partial charge in [0, 0.05) is 49.1 Å². The number of hydrogen-bond acceptors (Lipinski definition) is 6. The Balaban J connectivity index is 1.25. The van der Waals surface area contributed by atoms with Crippen LogP contribution < -0.4 is 15.2 Å². The second-order valence-electron chi connectivity index (χ2n) is 10.7. The first-order chi connectivity index (χ1) is 17.9. The van der Waals surface area contributed by atoms with Crippen molar-refractivity contribution < 1.29 is 9.47 Å². The van der Waals surface area contributed by atoms with Gasteiger partial charge in [0.05, 0.1) is 40.8 Å². The molecule has 0 radical (unpaired) electrons. The fourth-order valence-corrected chi connectivity index (χ4v) is 6.11. The number of nitrogens with zero attached hydrogens (tertiary/aromatic N) is 5. The van der Waals surface area contributed by atoms with Gasteiger partial charge in [0.2, 0.25) is 5.88 Å². The van der Waals surface area contributed by atoms with E-state index in [4.69, 9.17) is 9.47 Å². The standard InChI is InChI=1S/C29H35N5O3/c1-18-7-5-8-19(2)33(18)13-6-14-36-25-12-9-21(15-31-25)22-10-11-23-26-27-24(16-30-23)32(4)29(35)34(27)20(3)17-37-28(22)26/h9-12,15-16,18-20H,5-8,13-14,17H2,1-4H3/t18-,19+,20-/m0/s1. The number of likely N-dealkylation sites (tertiary alicyclic amines) is 1. The monoisotopic (exact) mass is 501 g/mol. The van der Waals surface area contributed by atoms with Gasteiger partial charge in [-0.3, -0.25) is 19.0 Å². The Hall–Kier alpha value is -3.39. The van der Waals surface area contributed by atoms with Crippen LogP contribution in [0.2, 0.25) is 0 Å². The summed E-state index contributed by atoms with van der Waals surface area (Å²) in [6, 6.07) is 9.18. The lowest BCUT2D eigenvalue weighted by Crippen LogP contribution is -2.44. The maximum absolute atomic E-state index is 13.0. The predicted octanol–water partition coefficient (Wildman–Crippen LogP) is 4.94. The topological polar surface area (TPSA) is 74.4 Å². The summed E-state index contributed by atoms with van der Waals surface area (Å²) in [7, 11) is 1.80. The van der Waals surface area contributed by atoms with Crippen molar-refractivity contribution in [3.63, 3.8) is 0 Å². The van der Waals surface area contributed by atoms with Crippen LogP contribution in [0.3, 0.4) is 0 Å². The molecule has 0 aliphatic carbocycles. The number of benzene rings is 1. The minimum absolute atomic E-state index is 0.0500. The highest BCUT2D eigenvalue weighted by atomic mass is 16.5. The van der Waals surface area contributed by atoms with Crippen molar-refractivity contribution in [2.24, 2.45) is 7.05 Å². The highest BCUT2D eigenvalue weighted by molar-refractivity contribution is 6.09. The minimum atomic E-state index is -0.0909. The fourth-order valence-electron chi connectivity index (χ4n) is 6.11. The molecule has 0 unspecified atom stereocenters. The molecule has 3 aromatic heterocycles. The molecule has 0 spiro atoms. The van der Waals surface area contributed by atoms with Crippen LogP contribution in [0, 0.1) is 0 Å². The number of imidazole rings is 1. The third-order valence-corrected chi connectivity index (χ3v) is 8.18. The third kappa shape index (κ3) is 4.07. The number of aryl methyl sites for hydroxylation is 1. The fraction of sp³-hybridized carbons (Fsp3) is 0.483. The van der Waals surface area contributed by atoms with Gasteiger partial charge in [-0.1, -0.05) is 6.42 Å². The quantitative estimate of drug-likeness (QED) is 0.349. The summed E-state index contributed by atoms with van der Waals surface area (Å²) in [4.78, 5) is 24.8. The van der Waals surface area contributed by atoms with Gasteiger partial charge >= 0.3 is 5.69 Å². The second kappa shape index (κ2) is 9.49. The Kier molecular flexibility index (Phi) is 6.15. The smallest absolute Gasteiger partial charge is 0.329 e. The molecule has 4 aromatic rings. The van der Waals surface area contributed by atoms with Gasteiger partial charge in [-0.2, -0.15) is 0 Å². The van der Waals surface area contributed by atoms with Crippen molar-refractivity contribution in [1.82, 2.24) is 24.0 Å². The number of pyridine rings is 2. The molecule has 5 heterocycles.